The van der Waals surface area contributed by atoms with E-state index in [1.54, 1.807) is 0 Å². The van der Waals surface area contributed by atoms with Gasteiger partial charge < -0.3 is 4.98 Å². The normalized spacial score (nSPS) is 15.3. The van der Waals surface area contributed by atoms with Crippen molar-refractivity contribution in [1.29, 1.82) is 0 Å². The van der Waals surface area contributed by atoms with Crippen LogP contribution in [0.25, 0.3) is 0 Å². The molecule has 0 radical (unpaired) electrons. The van der Waals surface area contributed by atoms with Crippen LogP contribution in [0.1, 0.15) is 21.0 Å². The lowest BCUT2D eigenvalue weighted by atomic mass is 10.1. The maximum atomic E-state index is 12.1. The Morgan fingerprint density at radius 1 is 1.50 bits per heavy atom. The van der Waals surface area contributed by atoms with E-state index in [2.05, 4.69) is 33.9 Å². The Kier molecular flexibility index (Phi) is 3.96. The van der Waals surface area contributed by atoms with Gasteiger partial charge in [0.2, 0.25) is 0 Å². The Balaban J connectivity index is 1.80. The highest BCUT2D eigenvalue weighted by Gasteiger charge is 2.21. The molecule has 0 aliphatic carbocycles. The molecule has 3 heterocycles. The van der Waals surface area contributed by atoms with E-state index in [9.17, 15) is 4.79 Å². The third-order valence-electron chi connectivity index (χ3n) is 3.49. The molecule has 0 bridgehead atoms. The summed E-state index contributed by atoms with van der Waals surface area (Å²) in [5.41, 5.74) is 1.82. The molecular weight excluding hydrogens is 290 g/mol. The second-order valence-corrected chi connectivity index (χ2v) is 7.14. The molecule has 0 atom stereocenters. The van der Waals surface area contributed by atoms with Crippen LogP contribution in [-0.2, 0) is 19.5 Å². The number of rotatable bonds is 3. The van der Waals surface area contributed by atoms with E-state index in [1.807, 2.05) is 17.6 Å². The molecule has 4 nitrogen and oxygen atoms in total. The van der Waals surface area contributed by atoms with Gasteiger partial charge in [-0.25, -0.2) is 4.98 Å². The fourth-order valence-corrected chi connectivity index (χ4v) is 3.81. The first-order chi connectivity index (χ1) is 9.65. The molecule has 0 saturated carbocycles. The lowest BCUT2D eigenvalue weighted by Gasteiger charge is -2.27. The van der Waals surface area contributed by atoms with Crippen molar-refractivity contribution in [3.63, 3.8) is 0 Å². The molecule has 0 aromatic carbocycles. The Morgan fingerprint density at radius 3 is 3.05 bits per heavy atom. The van der Waals surface area contributed by atoms with Gasteiger partial charge in [0.05, 0.1) is 11.3 Å². The lowest BCUT2D eigenvalue weighted by Crippen LogP contribution is -2.35. The molecule has 1 aliphatic rings. The highest BCUT2D eigenvalue weighted by Crippen LogP contribution is 2.21. The summed E-state index contributed by atoms with van der Waals surface area (Å²) in [6.07, 6.45) is 2.79. The summed E-state index contributed by atoms with van der Waals surface area (Å²) in [6, 6.07) is 4.33. The van der Waals surface area contributed by atoms with Gasteiger partial charge in [-0.3, -0.25) is 9.69 Å². The van der Waals surface area contributed by atoms with Crippen molar-refractivity contribution in [2.75, 3.05) is 12.8 Å². The molecule has 0 fully saturated rings. The Hall–Kier alpha value is -1.11. The number of hydrogen-bond donors (Lipinski definition) is 1. The van der Waals surface area contributed by atoms with Gasteiger partial charge in [-0.2, -0.15) is 0 Å². The van der Waals surface area contributed by atoms with Crippen LogP contribution in [0, 0.1) is 6.92 Å². The van der Waals surface area contributed by atoms with E-state index >= 15 is 0 Å². The van der Waals surface area contributed by atoms with E-state index in [4.69, 9.17) is 0 Å². The van der Waals surface area contributed by atoms with Crippen LogP contribution < -0.4 is 5.56 Å². The molecule has 6 heteroatoms. The Bertz CT molecular complexity index is 677. The second kappa shape index (κ2) is 5.71. The van der Waals surface area contributed by atoms with E-state index in [0.29, 0.717) is 6.54 Å². The van der Waals surface area contributed by atoms with Crippen LogP contribution in [0.5, 0.6) is 0 Å². The van der Waals surface area contributed by atoms with E-state index < -0.39 is 0 Å². The van der Waals surface area contributed by atoms with Gasteiger partial charge in [0.1, 0.15) is 0 Å². The van der Waals surface area contributed by atoms with Crippen molar-refractivity contribution < 1.29 is 0 Å². The second-order valence-electron chi connectivity index (χ2n) is 4.97. The predicted molar refractivity (Wildman–Crippen MR) is 83.5 cm³/mol. The highest BCUT2D eigenvalue weighted by molar-refractivity contribution is 7.98. The maximum Gasteiger partial charge on any atom is 0.256 e. The zero-order valence-corrected chi connectivity index (χ0v) is 13.2. The molecule has 106 valence electrons. The maximum absolute atomic E-state index is 12.1. The van der Waals surface area contributed by atoms with Crippen molar-refractivity contribution in [1.82, 2.24) is 14.9 Å². The molecule has 20 heavy (non-hydrogen) atoms. The van der Waals surface area contributed by atoms with Gasteiger partial charge in [-0.1, -0.05) is 11.8 Å². The van der Waals surface area contributed by atoms with Crippen molar-refractivity contribution in [3.8, 4) is 0 Å². The summed E-state index contributed by atoms with van der Waals surface area (Å²) in [5.74, 6) is 0. The molecule has 0 unspecified atom stereocenters. The molecule has 1 N–H and O–H groups in total. The van der Waals surface area contributed by atoms with Crippen molar-refractivity contribution in [2.24, 2.45) is 0 Å². The smallest absolute Gasteiger partial charge is 0.256 e. The number of nitrogens with zero attached hydrogens (tertiary/aromatic N) is 2. The molecular formula is C14H17N3OS2. The highest BCUT2D eigenvalue weighted by atomic mass is 32.2. The molecule has 2 aromatic heterocycles. The summed E-state index contributed by atoms with van der Waals surface area (Å²) in [6.45, 7) is 4.71. The minimum Gasteiger partial charge on any atom is -0.301 e. The van der Waals surface area contributed by atoms with Crippen molar-refractivity contribution >= 4 is 23.1 Å². The first-order valence-electron chi connectivity index (χ1n) is 6.59. The Morgan fingerprint density at radius 2 is 2.35 bits per heavy atom. The van der Waals surface area contributed by atoms with Gasteiger partial charge in [0, 0.05) is 35.8 Å². The summed E-state index contributed by atoms with van der Waals surface area (Å²) in [7, 11) is 0. The molecule has 0 saturated heterocycles. The fraction of sp³-hybridized carbons (Fsp3) is 0.429. The summed E-state index contributed by atoms with van der Waals surface area (Å²) in [4.78, 5) is 24.5. The number of nitrogens with one attached hydrogen (secondary N) is 1. The average molecular weight is 307 g/mol. The molecule has 3 rings (SSSR count). The number of thioether (sulfide) groups is 1. The number of hydrogen-bond acceptors (Lipinski definition) is 5. The van der Waals surface area contributed by atoms with Crippen LogP contribution in [0.4, 0.5) is 0 Å². The third-order valence-corrected chi connectivity index (χ3v) is 5.06. The Labute approximate surface area is 126 Å². The lowest BCUT2D eigenvalue weighted by molar-refractivity contribution is 0.243. The summed E-state index contributed by atoms with van der Waals surface area (Å²) < 4.78 is 0. The first kappa shape index (κ1) is 13.9. The first-order valence-corrected chi connectivity index (χ1v) is 8.63. The average Bonchev–Trinajstić information content (AvgIpc) is 2.84. The summed E-state index contributed by atoms with van der Waals surface area (Å²) >= 11 is 3.31. The van der Waals surface area contributed by atoms with Crippen molar-refractivity contribution in [3.05, 3.63) is 43.5 Å². The van der Waals surface area contributed by atoms with Crippen LogP contribution in [0.2, 0.25) is 0 Å². The van der Waals surface area contributed by atoms with E-state index in [1.165, 1.54) is 21.5 Å². The standard InChI is InChI=1S/C14H17N3OS2/c1-9-3-4-10(20-9)7-17-6-5-12-11(8-17)13(18)16-14(15-12)19-2/h3-4H,5-8H2,1-2H3,(H,15,16,18). The minimum atomic E-state index is 0.0198. The largest absolute Gasteiger partial charge is 0.301 e. The quantitative estimate of drug-likeness (QED) is 0.699. The van der Waals surface area contributed by atoms with Crippen LogP contribution >= 0.6 is 23.1 Å². The van der Waals surface area contributed by atoms with Gasteiger partial charge >= 0.3 is 0 Å². The van der Waals surface area contributed by atoms with E-state index in [-0.39, 0.29) is 5.56 Å². The number of thiophene rings is 1. The van der Waals surface area contributed by atoms with Crippen LogP contribution in [0.15, 0.2) is 22.1 Å². The molecule has 2 aromatic rings. The summed E-state index contributed by atoms with van der Waals surface area (Å²) in [5, 5.41) is 0.719. The number of H-pyrrole nitrogens is 1. The van der Waals surface area contributed by atoms with Gasteiger partial charge in [0.15, 0.2) is 5.16 Å². The zero-order valence-electron chi connectivity index (χ0n) is 11.6. The minimum absolute atomic E-state index is 0.0198. The van der Waals surface area contributed by atoms with E-state index in [0.717, 1.165) is 35.9 Å². The van der Waals surface area contributed by atoms with Crippen molar-refractivity contribution in [2.45, 2.75) is 31.6 Å². The van der Waals surface area contributed by atoms with Crippen LogP contribution in [0.3, 0.4) is 0 Å². The van der Waals surface area contributed by atoms with Crippen LogP contribution in [-0.4, -0.2) is 27.7 Å². The third kappa shape index (κ3) is 2.82. The molecule has 0 spiro atoms. The SMILES string of the molecule is CSc1nc2c(c(=O)[nH]1)CN(Cc1ccc(C)s1)CC2. The number of fused-ring (bicyclic) bond motifs is 1. The molecule has 0 amide bonds. The fourth-order valence-electron chi connectivity index (χ4n) is 2.48. The monoisotopic (exact) mass is 307 g/mol. The topological polar surface area (TPSA) is 49.0 Å². The van der Waals surface area contributed by atoms with Gasteiger partial charge in [0.25, 0.3) is 5.56 Å². The van der Waals surface area contributed by atoms with Gasteiger partial charge in [-0.05, 0) is 25.3 Å². The number of aromatic nitrogens is 2. The number of aryl methyl sites for hydroxylation is 1. The number of aromatic amines is 1. The van der Waals surface area contributed by atoms with Gasteiger partial charge in [-0.15, -0.1) is 11.3 Å². The predicted octanol–water partition coefficient (Wildman–Crippen LogP) is 2.42. The molecule has 1 aliphatic heterocycles. The zero-order chi connectivity index (χ0) is 14.1.